The molecule has 3 heterocycles. The Morgan fingerprint density at radius 1 is 1.24 bits per heavy atom. The summed E-state index contributed by atoms with van der Waals surface area (Å²) < 4.78 is 17.5. The van der Waals surface area contributed by atoms with Gasteiger partial charge in [0, 0.05) is 22.5 Å². The summed E-state index contributed by atoms with van der Waals surface area (Å²) in [7, 11) is 1.64. The maximum atomic E-state index is 12.9. The van der Waals surface area contributed by atoms with E-state index in [4.69, 9.17) is 25.5 Å². The van der Waals surface area contributed by atoms with Gasteiger partial charge in [-0.1, -0.05) is 11.6 Å². The topological polar surface area (TPSA) is 51.9 Å². The molecule has 0 spiro atoms. The van der Waals surface area contributed by atoms with Crippen molar-refractivity contribution in [2.45, 2.75) is 12.6 Å². The van der Waals surface area contributed by atoms with Gasteiger partial charge in [-0.2, -0.15) is 0 Å². The molecule has 0 saturated heterocycles. The molecule has 0 aliphatic carbocycles. The van der Waals surface area contributed by atoms with Crippen molar-refractivity contribution >= 4 is 28.5 Å². The Balaban J connectivity index is 1.66. The van der Waals surface area contributed by atoms with Crippen LogP contribution in [0.5, 0.6) is 11.5 Å². The van der Waals surface area contributed by atoms with E-state index in [1.54, 1.807) is 30.2 Å². The molecule has 1 atom stereocenters. The maximum Gasteiger partial charge on any atom is 0.260 e. The number of rotatable bonds is 1. The molecule has 2 aliphatic rings. The van der Waals surface area contributed by atoms with Crippen LogP contribution in [0.25, 0.3) is 11.0 Å². The number of furan rings is 1. The fourth-order valence-electron chi connectivity index (χ4n) is 3.59. The number of methoxy groups -OCH3 is 1. The first-order valence-electron chi connectivity index (χ1n) is 8.02. The lowest BCUT2D eigenvalue weighted by atomic mass is 9.99. The normalized spacial score (nSPS) is 18.4. The minimum absolute atomic E-state index is 0.0857. The second kappa shape index (κ2) is 5.17. The van der Waals surface area contributed by atoms with Crippen LogP contribution in [0.4, 0.5) is 0 Å². The highest BCUT2D eigenvalue weighted by molar-refractivity contribution is 6.31. The molecule has 1 aromatic heterocycles. The van der Waals surface area contributed by atoms with E-state index in [-0.39, 0.29) is 5.91 Å². The molecule has 0 N–H and O–H groups in total. The number of amides is 1. The third-order valence-corrected chi connectivity index (χ3v) is 5.05. The first-order chi connectivity index (χ1) is 12.2. The highest BCUT2D eigenvalue weighted by Gasteiger charge is 2.41. The van der Waals surface area contributed by atoms with Crippen LogP contribution in [-0.4, -0.2) is 24.5 Å². The van der Waals surface area contributed by atoms with Gasteiger partial charge in [-0.25, -0.2) is 0 Å². The van der Waals surface area contributed by atoms with Gasteiger partial charge in [-0.3, -0.25) is 9.69 Å². The standard InChI is InChI=1S/C19H14ClNO4/c1-23-11-3-5-15-13(9-11)12-6-7-21-18(22)14-8-10(20)2-4-16(14)25-19(21)17(12)24-15/h2-5,8-9,19H,6-7H2,1H3. The molecule has 2 aromatic carbocycles. The van der Waals surface area contributed by atoms with Crippen LogP contribution in [0.15, 0.2) is 40.8 Å². The third kappa shape index (κ3) is 2.05. The van der Waals surface area contributed by atoms with Crippen LogP contribution in [0.2, 0.25) is 5.02 Å². The van der Waals surface area contributed by atoms with E-state index in [2.05, 4.69) is 0 Å². The Labute approximate surface area is 148 Å². The number of ether oxygens (including phenoxy) is 2. The van der Waals surface area contributed by atoms with Crippen molar-refractivity contribution in [3.05, 3.63) is 58.3 Å². The Hall–Kier alpha value is -2.66. The summed E-state index contributed by atoms with van der Waals surface area (Å²) in [6, 6.07) is 10.8. The third-order valence-electron chi connectivity index (χ3n) is 4.81. The van der Waals surface area contributed by atoms with Gasteiger partial charge < -0.3 is 13.9 Å². The molecule has 0 radical (unpaired) electrons. The molecular formula is C19H14ClNO4. The van der Waals surface area contributed by atoms with Crippen molar-refractivity contribution in [3.63, 3.8) is 0 Å². The SMILES string of the molecule is COc1ccc2oc3c(c2c1)CCN1C(=O)c2cc(Cl)ccc2OC31. The van der Waals surface area contributed by atoms with Gasteiger partial charge in [0.05, 0.1) is 12.7 Å². The van der Waals surface area contributed by atoms with E-state index in [0.717, 1.165) is 22.3 Å². The molecule has 3 aromatic rings. The minimum Gasteiger partial charge on any atom is -0.497 e. The van der Waals surface area contributed by atoms with E-state index in [1.807, 2.05) is 18.2 Å². The largest absolute Gasteiger partial charge is 0.497 e. The number of carbonyl (C=O) groups is 1. The lowest BCUT2D eigenvalue weighted by Gasteiger charge is -2.38. The van der Waals surface area contributed by atoms with Crippen LogP contribution in [0, 0.1) is 0 Å². The Bertz CT molecular complexity index is 1030. The molecule has 6 heteroatoms. The number of hydrogen-bond acceptors (Lipinski definition) is 4. The predicted octanol–water partition coefficient (Wildman–Crippen LogP) is 4.18. The zero-order valence-electron chi connectivity index (χ0n) is 13.4. The van der Waals surface area contributed by atoms with Crippen LogP contribution in [-0.2, 0) is 6.42 Å². The Morgan fingerprint density at radius 2 is 2.12 bits per heavy atom. The molecule has 25 heavy (non-hydrogen) atoms. The van der Waals surface area contributed by atoms with E-state index in [9.17, 15) is 4.79 Å². The Kier molecular flexibility index (Phi) is 3.03. The summed E-state index contributed by atoms with van der Waals surface area (Å²) in [6.45, 7) is 0.564. The van der Waals surface area contributed by atoms with E-state index in [0.29, 0.717) is 35.1 Å². The van der Waals surface area contributed by atoms with Gasteiger partial charge >= 0.3 is 0 Å². The summed E-state index contributed by atoms with van der Waals surface area (Å²) in [5, 5.41) is 1.52. The molecule has 5 rings (SSSR count). The quantitative estimate of drug-likeness (QED) is 0.657. The molecule has 5 nitrogen and oxygen atoms in total. The van der Waals surface area contributed by atoms with Crippen LogP contribution in [0.1, 0.15) is 27.9 Å². The number of carbonyl (C=O) groups excluding carboxylic acids is 1. The van der Waals surface area contributed by atoms with Gasteiger partial charge in [0.25, 0.3) is 5.91 Å². The van der Waals surface area contributed by atoms with Gasteiger partial charge in [0.15, 0.2) is 5.76 Å². The molecule has 126 valence electrons. The van der Waals surface area contributed by atoms with Crippen molar-refractivity contribution in [1.82, 2.24) is 4.90 Å². The molecule has 0 saturated carbocycles. The minimum atomic E-state index is -0.552. The predicted molar refractivity (Wildman–Crippen MR) is 92.3 cm³/mol. The fourth-order valence-corrected chi connectivity index (χ4v) is 3.77. The van der Waals surface area contributed by atoms with Crippen molar-refractivity contribution in [3.8, 4) is 11.5 Å². The van der Waals surface area contributed by atoms with Crippen LogP contribution >= 0.6 is 11.6 Å². The molecular weight excluding hydrogens is 342 g/mol. The van der Waals surface area contributed by atoms with Crippen molar-refractivity contribution < 1.29 is 18.7 Å². The molecule has 0 bridgehead atoms. The number of halogens is 1. The average Bonchev–Trinajstić information content (AvgIpc) is 3.00. The van der Waals surface area contributed by atoms with Crippen LogP contribution < -0.4 is 9.47 Å². The highest BCUT2D eigenvalue weighted by atomic mass is 35.5. The zero-order valence-corrected chi connectivity index (χ0v) is 14.2. The maximum absolute atomic E-state index is 12.9. The van der Waals surface area contributed by atoms with Gasteiger partial charge in [-0.15, -0.1) is 0 Å². The van der Waals surface area contributed by atoms with Gasteiger partial charge in [0.1, 0.15) is 17.1 Å². The lowest BCUT2D eigenvalue weighted by molar-refractivity contribution is -0.00667. The first kappa shape index (κ1) is 14.7. The summed E-state index contributed by atoms with van der Waals surface area (Å²) in [4.78, 5) is 14.5. The average molecular weight is 356 g/mol. The smallest absolute Gasteiger partial charge is 0.260 e. The monoisotopic (exact) mass is 355 g/mol. The van der Waals surface area contributed by atoms with Gasteiger partial charge in [-0.05, 0) is 42.8 Å². The number of fused-ring (bicyclic) bond motifs is 6. The second-order valence-corrected chi connectivity index (χ2v) is 6.60. The molecule has 2 aliphatic heterocycles. The number of nitrogens with zero attached hydrogens (tertiary/aromatic N) is 1. The summed E-state index contributed by atoms with van der Waals surface area (Å²) in [6.07, 6.45) is 0.153. The van der Waals surface area contributed by atoms with Crippen LogP contribution in [0.3, 0.4) is 0 Å². The Morgan fingerprint density at radius 3 is 2.96 bits per heavy atom. The first-order valence-corrected chi connectivity index (χ1v) is 8.40. The van der Waals surface area contributed by atoms with Crippen molar-refractivity contribution in [2.24, 2.45) is 0 Å². The number of hydrogen-bond donors (Lipinski definition) is 0. The summed E-state index contributed by atoms with van der Waals surface area (Å²) in [5.74, 6) is 1.90. The van der Waals surface area contributed by atoms with Crippen molar-refractivity contribution in [1.29, 1.82) is 0 Å². The van der Waals surface area contributed by atoms with E-state index >= 15 is 0 Å². The van der Waals surface area contributed by atoms with Crippen molar-refractivity contribution in [2.75, 3.05) is 13.7 Å². The van der Waals surface area contributed by atoms with E-state index in [1.165, 1.54) is 0 Å². The lowest BCUT2D eigenvalue weighted by Crippen LogP contribution is -2.45. The second-order valence-electron chi connectivity index (χ2n) is 6.17. The molecule has 1 unspecified atom stereocenters. The summed E-state index contributed by atoms with van der Waals surface area (Å²) in [5.41, 5.74) is 2.33. The summed E-state index contributed by atoms with van der Waals surface area (Å²) >= 11 is 6.02. The zero-order chi connectivity index (χ0) is 17.1. The number of benzene rings is 2. The van der Waals surface area contributed by atoms with Gasteiger partial charge in [0.2, 0.25) is 6.23 Å². The molecule has 1 amide bonds. The molecule has 0 fully saturated rings. The van der Waals surface area contributed by atoms with E-state index < -0.39 is 6.23 Å². The fraction of sp³-hybridized carbons (Fsp3) is 0.211. The highest BCUT2D eigenvalue weighted by Crippen LogP contribution is 2.43.